The smallest absolute Gasteiger partial charge is 0.338 e. The van der Waals surface area contributed by atoms with Gasteiger partial charge in [-0.05, 0) is 18.6 Å². The Morgan fingerprint density at radius 3 is 2.58 bits per heavy atom. The van der Waals surface area contributed by atoms with Crippen molar-refractivity contribution in [3.05, 3.63) is 69.3 Å². The third kappa shape index (κ3) is 4.53. The van der Waals surface area contributed by atoms with Gasteiger partial charge in [-0.15, -0.1) is 0 Å². The first-order chi connectivity index (χ1) is 14.8. The van der Waals surface area contributed by atoms with E-state index in [1.165, 1.54) is 24.4 Å². The maximum absolute atomic E-state index is 13.4. The minimum absolute atomic E-state index is 0.00241. The number of esters is 1. The minimum atomic E-state index is -0.968. The van der Waals surface area contributed by atoms with E-state index in [9.17, 15) is 19.2 Å². The summed E-state index contributed by atoms with van der Waals surface area (Å²) in [5.41, 5.74) is 4.60. The summed E-state index contributed by atoms with van der Waals surface area (Å²) in [6.07, 6.45) is 2.87. The zero-order chi connectivity index (χ0) is 22.5. The van der Waals surface area contributed by atoms with Crippen molar-refractivity contribution in [1.82, 2.24) is 10.3 Å². The molecule has 9 nitrogen and oxygen atoms in total. The number of ketones is 1. The van der Waals surface area contributed by atoms with Gasteiger partial charge in [0, 0.05) is 11.8 Å². The van der Waals surface area contributed by atoms with E-state index in [1.54, 1.807) is 12.1 Å². The molecule has 31 heavy (non-hydrogen) atoms. The van der Waals surface area contributed by atoms with Crippen molar-refractivity contribution in [2.24, 2.45) is 5.73 Å². The lowest BCUT2D eigenvalue weighted by Crippen LogP contribution is -2.35. The molecule has 0 unspecified atom stereocenters. The van der Waals surface area contributed by atoms with Crippen LogP contribution in [0.3, 0.4) is 0 Å². The number of H-pyrrole nitrogens is 1. The summed E-state index contributed by atoms with van der Waals surface area (Å²) in [4.78, 5) is 51.8. The Hall–Kier alpha value is -3.79. The number of amides is 2. The first kappa shape index (κ1) is 21.9. The summed E-state index contributed by atoms with van der Waals surface area (Å²) in [6.45, 7) is 2.18. The summed E-state index contributed by atoms with van der Waals surface area (Å²) in [5, 5.41) is 2.18. The fraction of sp³-hybridized carbons (Fsp3) is 0.190. The highest BCUT2D eigenvalue weighted by Gasteiger charge is 2.29. The number of thiocarbonyl (C=S) groups is 1. The van der Waals surface area contributed by atoms with E-state index in [1.807, 2.05) is 6.92 Å². The SMILES string of the molecule is CCCCOC(=O)c1ccccc1C(=O)c1oc2cc[nH]c(=O)c2c1C(=S)NC(N)=O. The van der Waals surface area contributed by atoms with Crippen LogP contribution in [-0.2, 0) is 4.74 Å². The van der Waals surface area contributed by atoms with Gasteiger partial charge in [0.2, 0.25) is 5.78 Å². The monoisotopic (exact) mass is 441 g/mol. The molecule has 0 bridgehead atoms. The molecule has 0 atom stereocenters. The number of hydrogen-bond acceptors (Lipinski definition) is 7. The molecule has 2 heterocycles. The fourth-order valence-electron chi connectivity index (χ4n) is 2.98. The van der Waals surface area contributed by atoms with Gasteiger partial charge in [-0.25, -0.2) is 9.59 Å². The fourth-order valence-corrected chi connectivity index (χ4v) is 3.27. The van der Waals surface area contributed by atoms with Crippen LogP contribution in [0.25, 0.3) is 11.0 Å². The van der Waals surface area contributed by atoms with Crippen molar-refractivity contribution in [2.75, 3.05) is 6.61 Å². The number of unbranched alkanes of at least 4 members (excludes halogenated alkanes) is 1. The number of furan rings is 1. The first-order valence-corrected chi connectivity index (χ1v) is 9.81. The molecule has 0 saturated carbocycles. The molecule has 4 N–H and O–H groups in total. The summed E-state index contributed by atoms with van der Waals surface area (Å²) < 4.78 is 10.9. The number of ether oxygens (including phenoxy) is 1. The number of hydrogen-bond donors (Lipinski definition) is 3. The predicted molar refractivity (Wildman–Crippen MR) is 116 cm³/mol. The molecule has 2 aromatic heterocycles. The lowest BCUT2D eigenvalue weighted by Gasteiger charge is -2.09. The molecular weight excluding hydrogens is 422 g/mol. The largest absolute Gasteiger partial charge is 0.462 e. The lowest BCUT2D eigenvalue weighted by molar-refractivity contribution is 0.0497. The number of pyridine rings is 1. The number of fused-ring (bicyclic) bond motifs is 1. The Balaban J connectivity index is 2.13. The van der Waals surface area contributed by atoms with Crippen LogP contribution in [0, 0.1) is 0 Å². The van der Waals surface area contributed by atoms with Gasteiger partial charge in [0.15, 0.2) is 5.76 Å². The Morgan fingerprint density at radius 1 is 1.19 bits per heavy atom. The van der Waals surface area contributed by atoms with Crippen LogP contribution in [0.5, 0.6) is 0 Å². The summed E-state index contributed by atoms with van der Waals surface area (Å²) in [7, 11) is 0. The Morgan fingerprint density at radius 2 is 1.90 bits per heavy atom. The molecule has 3 rings (SSSR count). The molecule has 0 saturated heterocycles. The quantitative estimate of drug-likeness (QED) is 0.221. The number of primary amides is 1. The topological polar surface area (TPSA) is 144 Å². The zero-order valence-electron chi connectivity index (χ0n) is 16.5. The third-order valence-electron chi connectivity index (χ3n) is 4.40. The van der Waals surface area contributed by atoms with E-state index < -0.39 is 23.3 Å². The van der Waals surface area contributed by atoms with Gasteiger partial charge >= 0.3 is 12.0 Å². The summed E-state index contributed by atoms with van der Waals surface area (Å²) in [5.74, 6) is -1.67. The second-order valence-corrected chi connectivity index (χ2v) is 6.94. The normalized spacial score (nSPS) is 10.6. The number of carbonyl (C=O) groups excluding carboxylic acids is 3. The molecule has 0 aliphatic rings. The number of carbonyl (C=O) groups is 3. The lowest BCUT2D eigenvalue weighted by atomic mass is 9.99. The molecule has 0 radical (unpaired) electrons. The number of aromatic nitrogens is 1. The van der Waals surface area contributed by atoms with Crippen LogP contribution >= 0.6 is 12.2 Å². The van der Waals surface area contributed by atoms with Gasteiger partial charge < -0.3 is 19.9 Å². The molecule has 10 heteroatoms. The van der Waals surface area contributed by atoms with E-state index in [0.717, 1.165) is 6.42 Å². The predicted octanol–water partition coefficient (Wildman–Crippen LogP) is 2.65. The van der Waals surface area contributed by atoms with Crippen LogP contribution in [0.1, 0.15) is 51.8 Å². The molecule has 0 fully saturated rings. The zero-order valence-corrected chi connectivity index (χ0v) is 17.3. The highest BCUT2D eigenvalue weighted by Crippen LogP contribution is 2.27. The van der Waals surface area contributed by atoms with E-state index in [-0.39, 0.29) is 45.0 Å². The van der Waals surface area contributed by atoms with Crippen LogP contribution in [-0.4, -0.2) is 34.4 Å². The molecule has 0 spiro atoms. The van der Waals surface area contributed by atoms with Gasteiger partial charge in [0.25, 0.3) is 5.56 Å². The highest BCUT2D eigenvalue weighted by atomic mass is 32.1. The maximum Gasteiger partial charge on any atom is 0.338 e. The standard InChI is InChI=1S/C21H19N3O6S/c1-2-3-10-29-20(27)12-7-5-4-6-11(12)16(25)17-15(19(31)24-21(22)28)14-13(30-17)8-9-23-18(14)26/h4-9H,2-3,10H2,1H3,(H,23,26)(H3,22,24,28,31). The second kappa shape index (κ2) is 9.35. The first-order valence-electron chi connectivity index (χ1n) is 9.41. The van der Waals surface area contributed by atoms with Crippen LogP contribution in [0.4, 0.5) is 4.79 Å². The Labute approximate surface area is 181 Å². The third-order valence-corrected chi connectivity index (χ3v) is 4.71. The van der Waals surface area contributed by atoms with Gasteiger partial charge in [0.1, 0.15) is 10.6 Å². The van der Waals surface area contributed by atoms with Crippen molar-refractivity contribution >= 4 is 46.0 Å². The molecule has 1 aromatic carbocycles. The van der Waals surface area contributed by atoms with Gasteiger partial charge in [-0.2, -0.15) is 0 Å². The van der Waals surface area contributed by atoms with Crippen LogP contribution < -0.4 is 16.6 Å². The van der Waals surface area contributed by atoms with E-state index in [4.69, 9.17) is 27.1 Å². The van der Waals surface area contributed by atoms with E-state index in [2.05, 4.69) is 10.3 Å². The molecule has 160 valence electrons. The van der Waals surface area contributed by atoms with Gasteiger partial charge in [0.05, 0.1) is 23.1 Å². The van der Waals surface area contributed by atoms with Crippen molar-refractivity contribution in [3.8, 4) is 0 Å². The number of benzene rings is 1. The second-order valence-electron chi connectivity index (χ2n) is 6.53. The molecule has 0 aliphatic carbocycles. The average Bonchev–Trinajstić information content (AvgIpc) is 3.14. The van der Waals surface area contributed by atoms with Crippen molar-refractivity contribution in [1.29, 1.82) is 0 Å². The Kier molecular flexibility index (Phi) is 6.61. The average molecular weight is 441 g/mol. The highest BCUT2D eigenvalue weighted by molar-refractivity contribution is 7.80. The van der Waals surface area contributed by atoms with E-state index in [0.29, 0.717) is 6.42 Å². The van der Waals surface area contributed by atoms with Gasteiger partial charge in [-0.1, -0.05) is 43.8 Å². The summed E-state index contributed by atoms with van der Waals surface area (Å²) in [6, 6.07) is 6.53. The molecular formula is C21H19N3O6S. The van der Waals surface area contributed by atoms with Gasteiger partial charge in [-0.3, -0.25) is 14.9 Å². The Bertz CT molecular complexity index is 1240. The minimum Gasteiger partial charge on any atom is -0.462 e. The number of nitrogens with two attached hydrogens (primary N) is 1. The number of nitrogens with one attached hydrogen (secondary N) is 2. The number of urea groups is 1. The van der Waals surface area contributed by atoms with Crippen LogP contribution in [0.15, 0.2) is 45.7 Å². The van der Waals surface area contributed by atoms with Crippen molar-refractivity contribution in [3.63, 3.8) is 0 Å². The molecule has 3 aromatic rings. The number of aromatic amines is 1. The van der Waals surface area contributed by atoms with Crippen LogP contribution in [0.2, 0.25) is 0 Å². The maximum atomic E-state index is 13.4. The van der Waals surface area contributed by atoms with Crippen molar-refractivity contribution < 1.29 is 23.5 Å². The van der Waals surface area contributed by atoms with Crippen molar-refractivity contribution in [2.45, 2.75) is 19.8 Å². The molecule has 2 amide bonds. The summed E-state index contributed by atoms with van der Waals surface area (Å²) >= 11 is 5.18. The molecule has 0 aliphatic heterocycles. The van der Waals surface area contributed by atoms with E-state index >= 15 is 0 Å². The number of rotatable bonds is 7.